The van der Waals surface area contributed by atoms with Crippen LogP contribution in [0.4, 0.5) is 5.69 Å². The summed E-state index contributed by atoms with van der Waals surface area (Å²) in [6.45, 7) is 2.66. The van der Waals surface area contributed by atoms with Gasteiger partial charge in [0.05, 0.1) is 17.6 Å². The van der Waals surface area contributed by atoms with Crippen LogP contribution in [0.15, 0.2) is 41.5 Å². The second-order valence-electron chi connectivity index (χ2n) is 5.75. The van der Waals surface area contributed by atoms with Gasteiger partial charge in [-0.05, 0) is 24.6 Å². The number of rotatable bonds is 5. The van der Waals surface area contributed by atoms with E-state index >= 15 is 0 Å². The van der Waals surface area contributed by atoms with Crippen molar-refractivity contribution < 1.29 is 19.2 Å². The molecule has 3 rings (SSSR count). The van der Waals surface area contributed by atoms with Gasteiger partial charge < -0.3 is 9.47 Å². The zero-order valence-electron chi connectivity index (χ0n) is 14.1. The minimum absolute atomic E-state index is 0.0107. The molecule has 0 fully saturated rings. The summed E-state index contributed by atoms with van der Waals surface area (Å²) in [7, 11) is 0. The van der Waals surface area contributed by atoms with E-state index in [9.17, 15) is 14.9 Å². The first-order chi connectivity index (χ1) is 12.5. The van der Waals surface area contributed by atoms with Gasteiger partial charge in [0.25, 0.3) is 5.69 Å². The van der Waals surface area contributed by atoms with Crippen molar-refractivity contribution in [3.8, 4) is 11.5 Å². The fourth-order valence-electron chi connectivity index (χ4n) is 2.50. The number of carbonyl (C=O) groups excluding carboxylic acids is 1. The van der Waals surface area contributed by atoms with Crippen molar-refractivity contribution in [1.82, 2.24) is 5.43 Å². The molecular weight excluding hydrogens is 338 g/mol. The number of hydrazone groups is 1. The van der Waals surface area contributed by atoms with E-state index in [4.69, 9.17) is 9.47 Å². The zero-order valence-corrected chi connectivity index (χ0v) is 14.1. The van der Waals surface area contributed by atoms with Crippen LogP contribution in [-0.2, 0) is 11.2 Å². The molecule has 0 aliphatic carbocycles. The lowest BCUT2D eigenvalue weighted by Crippen LogP contribution is -2.20. The number of hydrogen-bond acceptors (Lipinski definition) is 6. The molecule has 1 heterocycles. The first kappa shape index (κ1) is 17.4. The van der Waals surface area contributed by atoms with Crippen LogP contribution in [0.2, 0.25) is 0 Å². The van der Waals surface area contributed by atoms with E-state index in [1.807, 2.05) is 0 Å². The zero-order chi connectivity index (χ0) is 18.5. The normalized spacial score (nSPS) is 12.8. The van der Waals surface area contributed by atoms with E-state index in [-0.39, 0.29) is 18.0 Å². The lowest BCUT2D eigenvalue weighted by Gasteiger charge is -2.18. The summed E-state index contributed by atoms with van der Waals surface area (Å²) in [6, 6.07) is 10.1. The van der Waals surface area contributed by atoms with Gasteiger partial charge in [-0.25, -0.2) is 5.43 Å². The molecule has 1 N–H and O–H groups in total. The fourth-order valence-corrected chi connectivity index (χ4v) is 2.50. The van der Waals surface area contributed by atoms with Crippen molar-refractivity contribution in [3.63, 3.8) is 0 Å². The van der Waals surface area contributed by atoms with Gasteiger partial charge >= 0.3 is 0 Å². The van der Waals surface area contributed by atoms with Crippen molar-refractivity contribution >= 4 is 17.8 Å². The molecule has 1 amide bonds. The Balaban J connectivity index is 1.59. The number of carbonyl (C=O) groups is 1. The second kappa shape index (κ2) is 7.64. The Morgan fingerprint density at radius 3 is 2.77 bits per heavy atom. The van der Waals surface area contributed by atoms with Crippen molar-refractivity contribution in [2.45, 2.75) is 13.3 Å². The van der Waals surface area contributed by atoms with Crippen LogP contribution in [0.3, 0.4) is 0 Å². The Bertz CT molecular complexity index is 879. The molecule has 0 aromatic heterocycles. The molecule has 0 atom stereocenters. The Morgan fingerprint density at radius 1 is 1.23 bits per heavy atom. The van der Waals surface area contributed by atoms with Crippen LogP contribution >= 0.6 is 0 Å². The first-order valence-electron chi connectivity index (χ1n) is 7.98. The van der Waals surface area contributed by atoms with E-state index < -0.39 is 4.92 Å². The van der Waals surface area contributed by atoms with Crippen molar-refractivity contribution in [3.05, 3.63) is 63.2 Å². The Hall–Kier alpha value is -3.42. The van der Waals surface area contributed by atoms with Crippen molar-refractivity contribution in [1.29, 1.82) is 0 Å². The number of aryl methyl sites for hydroxylation is 1. The van der Waals surface area contributed by atoms with Crippen LogP contribution in [0.1, 0.15) is 16.7 Å². The Morgan fingerprint density at radius 2 is 2.00 bits per heavy atom. The monoisotopic (exact) mass is 355 g/mol. The van der Waals surface area contributed by atoms with Crippen LogP contribution < -0.4 is 14.9 Å². The molecule has 26 heavy (non-hydrogen) atoms. The molecule has 1 aliphatic heterocycles. The van der Waals surface area contributed by atoms with E-state index in [2.05, 4.69) is 10.5 Å². The van der Waals surface area contributed by atoms with E-state index in [0.717, 1.165) is 5.56 Å². The van der Waals surface area contributed by atoms with E-state index in [0.29, 0.717) is 35.8 Å². The van der Waals surface area contributed by atoms with Crippen LogP contribution in [0, 0.1) is 17.0 Å². The summed E-state index contributed by atoms with van der Waals surface area (Å²) in [5, 5.41) is 14.8. The number of ether oxygens (including phenoxy) is 2. The van der Waals surface area contributed by atoms with Gasteiger partial charge in [-0.1, -0.05) is 18.2 Å². The van der Waals surface area contributed by atoms with E-state index in [1.54, 1.807) is 37.3 Å². The van der Waals surface area contributed by atoms with Gasteiger partial charge in [-0.15, -0.1) is 0 Å². The molecule has 2 aromatic carbocycles. The summed E-state index contributed by atoms with van der Waals surface area (Å²) in [5.41, 5.74) is 4.29. The Labute approximate surface area is 149 Å². The molecule has 0 saturated heterocycles. The highest BCUT2D eigenvalue weighted by Gasteiger charge is 2.13. The SMILES string of the molecule is Cc1ccc(/C=N/NC(=O)Cc2ccc3c(c2)OCCO3)cc1[N+](=O)[O-]. The smallest absolute Gasteiger partial charge is 0.272 e. The van der Waals surface area contributed by atoms with Gasteiger partial charge in [-0.2, -0.15) is 5.10 Å². The summed E-state index contributed by atoms with van der Waals surface area (Å²) >= 11 is 0. The lowest BCUT2D eigenvalue weighted by molar-refractivity contribution is -0.385. The fraction of sp³-hybridized carbons (Fsp3) is 0.222. The molecule has 0 unspecified atom stereocenters. The number of nitro benzene ring substituents is 1. The van der Waals surface area contributed by atoms with Crippen LogP contribution in [0.5, 0.6) is 11.5 Å². The highest BCUT2D eigenvalue weighted by Crippen LogP contribution is 2.30. The van der Waals surface area contributed by atoms with Crippen molar-refractivity contribution in [2.75, 3.05) is 13.2 Å². The molecule has 8 heteroatoms. The number of nitrogens with one attached hydrogen (secondary N) is 1. The van der Waals surface area contributed by atoms with Crippen LogP contribution in [-0.4, -0.2) is 30.3 Å². The molecule has 0 saturated carbocycles. The number of hydrogen-bond donors (Lipinski definition) is 1. The quantitative estimate of drug-likeness (QED) is 0.504. The first-order valence-corrected chi connectivity index (χ1v) is 7.98. The van der Waals surface area contributed by atoms with Gasteiger partial charge in [0.15, 0.2) is 11.5 Å². The molecule has 0 bridgehead atoms. The molecule has 0 radical (unpaired) electrons. The number of nitro groups is 1. The summed E-state index contributed by atoms with van der Waals surface area (Å²) in [6.07, 6.45) is 1.50. The lowest BCUT2D eigenvalue weighted by atomic mass is 10.1. The van der Waals surface area contributed by atoms with E-state index in [1.165, 1.54) is 12.3 Å². The molecule has 0 spiro atoms. The molecule has 134 valence electrons. The standard InChI is InChI=1S/C18H17N3O5/c1-12-2-3-14(8-15(12)21(23)24)11-19-20-18(22)10-13-4-5-16-17(9-13)26-7-6-25-16/h2-5,8-9,11H,6-7,10H2,1H3,(H,20,22)/b19-11+. The molecule has 2 aromatic rings. The van der Waals surface area contributed by atoms with Crippen LogP contribution in [0.25, 0.3) is 0 Å². The average molecular weight is 355 g/mol. The summed E-state index contributed by atoms with van der Waals surface area (Å²) in [4.78, 5) is 22.5. The average Bonchev–Trinajstić information content (AvgIpc) is 2.62. The van der Waals surface area contributed by atoms with Gasteiger partial charge in [-0.3, -0.25) is 14.9 Å². The van der Waals surface area contributed by atoms with Gasteiger partial charge in [0.2, 0.25) is 5.91 Å². The van der Waals surface area contributed by atoms with Gasteiger partial charge in [0.1, 0.15) is 13.2 Å². The number of amides is 1. The molecular formula is C18H17N3O5. The third-order valence-electron chi connectivity index (χ3n) is 3.80. The third-order valence-corrected chi connectivity index (χ3v) is 3.80. The Kier molecular flexibility index (Phi) is 5.12. The number of fused-ring (bicyclic) bond motifs is 1. The van der Waals surface area contributed by atoms with Crippen molar-refractivity contribution in [2.24, 2.45) is 5.10 Å². The molecule has 8 nitrogen and oxygen atoms in total. The predicted octanol–water partition coefficient (Wildman–Crippen LogP) is 2.37. The maximum atomic E-state index is 12.0. The number of benzene rings is 2. The second-order valence-corrected chi connectivity index (χ2v) is 5.75. The highest BCUT2D eigenvalue weighted by atomic mass is 16.6. The summed E-state index contributed by atoms with van der Waals surface area (Å²) < 4.78 is 10.9. The number of nitrogens with zero attached hydrogens (tertiary/aromatic N) is 2. The third kappa shape index (κ3) is 4.15. The minimum Gasteiger partial charge on any atom is -0.486 e. The molecule has 1 aliphatic rings. The van der Waals surface area contributed by atoms with Gasteiger partial charge in [0, 0.05) is 17.2 Å². The maximum absolute atomic E-state index is 12.0. The topological polar surface area (TPSA) is 103 Å². The largest absolute Gasteiger partial charge is 0.486 e. The highest BCUT2D eigenvalue weighted by molar-refractivity contribution is 5.84. The predicted molar refractivity (Wildman–Crippen MR) is 94.7 cm³/mol. The minimum atomic E-state index is -0.451. The maximum Gasteiger partial charge on any atom is 0.272 e. The summed E-state index contributed by atoms with van der Waals surface area (Å²) in [5.74, 6) is 0.982.